The van der Waals surface area contributed by atoms with E-state index in [-0.39, 0.29) is 5.41 Å². The molecule has 0 aromatic heterocycles. The van der Waals surface area contributed by atoms with E-state index in [1.54, 1.807) is 0 Å². The summed E-state index contributed by atoms with van der Waals surface area (Å²) in [5.74, 6) is 0.310. The molecule has 18 heavy (non-hydrogen) atoms. The molecule has 0 atom stereocenters. The molecule has 0 saturated heterocycles. The minimum Gasteiger partial charge on any atom is -0.383 e. The molecule has 3 nitrogen and oxygen atoms in total. The van der Waals surface area contributed by atoms with Gasteiger partial charge in [0.25, 0.3) is 0 Å². The zero-order valence-corrected chi connectivity index (χ0v) is 11.5. The van der Waals surface area contributed by atoms with E-state index in [2.05, 4.69) is 5.32 Å². The molecule has 1 aliphatic carbocycles. The van der Waals surface area contributed by atoms with E-state index in [0.29, 0.717) is 10.6 Å². The number of aryl methyl sites for hydroxylation is 1. The Hall–Kier alpha value is -1.03. The molecule has 0 amide bonds. The Morgan fingerprint density at radius 3 is 2.67 bits per heavy atom. The molecule has 3 rings (SSSR count). The summed E-state index contributed by atoms with van der Waals surface area (Å²) in [5, 5.41) is 3.38. The molecule has 1 spiro atoms. The summed E-state index contributed by atoms with van der Waals surface area (Å²) in [7, 11) is -3.16. The zero-order chi connectivity index (χ0) is 12.8. The minimum atomic E-state index is -3.16. The van der Waals surface area contributed by atoms with Crippen LogP contribution in [0.5, 0.6) is 0 Å². The van der Waals surface area contributed by atoms with Crippen molar-refractivity contribution in [3.63, 3.8) is 0 Å². The van der Waals surface area contributed by atoms with Crippen molar-refractivity contribution in [3.05, 3.63) is 23.8 Å². The van der Waals surface area contributed by atoms with Crippen LogP contribution in [0.15, 0.2) is 23.1 Å². The molecule has 0 bridgehead atoms. The van der Waals surface area contributed by atoms with Crippen molar-refractivity contribution in [2.45, 2.75) is 37.5 Å². The van der Waals surface area contributed by atoms with Crippen LogP contribution in [0.2, 0.25) is 0 Å². The van der Waals surface area contributed by atoms with Crippen LogP contribution in [0, 0.1) is 12.3 Å². The van der Waals surface area contributed by atoms with Gasteiger partial charge in [0.05, 0.1) is 16.3 Å². The average Bonchev–Trinajstić information content (AvgIpc) is 2.69. The molecule has 1 fully saturated rings. The van der Waals surface area contributed by atoms with Gasteiger partial charge in [-0.05, 0) is 31.4 Å². The molecule has 1 heterocycles. The fourth-order valence-corrected chi connectivity index (χ4v) is 5.83. The highest BCUT2D eigenvalue weighted by molar-refractivity contribution is 7.91. The standard InChI is InChI=1S/C14H19NO2S/c1-11-5-4-6-12-13(11)18(16,17)10-14(9-15-12)7-2-3-8-14/h4-6,15H,2-3,7-10H2,1H3. The van der Waals surface area contributed by atoms with Gasteiger partial charge in [-0.3, -0.25) is 0 Å². The maximum Gasteiger partial charge on any atom is 0.181 e. The fraction of sp³-hybridized carbons (Fsp3) is 0.571. The smallest absolute Gasteiger partial charge is 0.181 e. The summed E-state index contributed by atoms with van der Waals surface area (Å²) in [6, 6.07) is 5.68. The molecule has 98 valence electrons. The van der Waals surface area contributed by atoms with E-state index >= 15 is 0 Å². The van der Waals surface area contributed by atoms with E-state index in [1.165, 1.54) is 0 Å². The van der Waals surface area contributed by atoms with E-state index in [0.717, 1.165) is 43.5 Å². The van der Waals surface area contributed by atoms with Crippen LogP contribution in [-0.4, -0.2) is 20.7 Å². The third-order valence-electron chi connectivity index (χ3n) is 4.34. The first-order valence-electron chi connectivity index (χ1n) is 6.59. The fourth-order valence-electron chi connectivity index (χ4n) is 3.46. The predicted octanol–water partition coefficient (Wildman–Crippen LogP) is 2.75. The molecule has 1 aliphatic heterocycles. The Morgan fingerprint density at radius 2 is 1.94 bits per heavy atom. The Bertz CT molecular complexity index is 571. The van der Waals surface area contributed by atoms with Gasteiger partial charge in [0.1, 0.15) is 0 Å². The van der Waals surface area contributed by atoms with Crippen LogP contribution in [-0.2, 0) is 9.84 Å². The van der Waals surface area contributed by atoms with Crippen molar-refractivity contribution in [1.82, 2.24) is 0 Å². The van der Waals surface area contributed by atoms with Crippen molar-refractivity contribution in [2.75, 3.05) is 17.6 Å². The second-order valence-electron chi connectivity index (χ2n) is 5.77. The average molecular weight is 265 g/mol. The topological polar surface area (TPSA) is 46.2 Å². The number of rotatable bonds is 0. The molecule has 1 aromatic carbocycles. The largest absolute Gasteiger partial charge is 0.383 e. The third-order valence-corrected chi connectivity index (χ3v) is 6.49. The van der Waals surface area contributed by atoms with Crippen molar-refractivity contribution < 1.29 is 8.42 Å². The normalized spacial score (nSPS) is 24.3. The van der Waals surface area contributed by atoms with Crippen LogP contribution < -0.4 is 5.32 Å². The molecule has 4 heteroatoms. The summed E-state index contributed by atoms with van der Waals surface area (Å²) in [4.78, 5) is 0.522. The highest BCUT2D eigenvalue weighted by Crippen LogP contribution is 2.44. The second-order valence-corrected chi connectivity index (χ2v) is 7.70. The van der Waals surface area contributed by atoms with Gasteiger partial charge in [0, 0.05) is 12.0 Å². The number of hydrogen-bond donors (Lipinski definition) is 1. The summed E-state index contributed by atoms with van der Waals surface area (Å²) >= 11 is 0. The zero-order valence-electron chi connectivity index (χ0n) is 10.7. The maximum absolute atomic E-state index is 12.6. The lowest BCUT2D eigenvalue weighted by Crippen LogP contribution is -2.31. The Morgan fingerprint density at radius 1 is 1.22 bits per heavy atom. The van der Waals surface area contributed by atoms with Gasteiger partial charge < -0.3 is 5.32 Å². The first-order valence-corrected chi connectivity index (χ1v) is 8.24. The minimum absolute atomic E-state index is 0.0374. The van der Waals surface area contributed by atoms with Gasteiger partial charge >= 0.3 is 0 Å². The highest BCUT2D eigenvalue weighted by Gasteiger charge is 2.41. The van der Waals surface area contributed by atoms with Gasteiger partial charge in [-0.25, -0.2) is 8.42 Å². The SMILES string of the molecule is Cc1cccc2c1S(=O)(=O)CC1(CCCC1)CN2. The van der Waals surface area contributed by atoms with Crippen LogP contribution in [0.25, 0.3) is 0 Å². The maximum atomic E-state index is 12.6. The number of hydrogen-bond acceptors (Lipinski definition) is 3. The number of sulfone groups is 1. The Kier molecular flexibility index (Phi) is 2.66. The summed E-state index contributed by atoms with van der Waals surface area (Å²) in [5.41, 5.74) is 1.61. The van der Waals surface area contributed by atoms with Gasteiger partial charge in [-0.2, -0.15) is 0 Å². The summed E-state index contributed by atoms with van der Waals surface area (Å²) < 4.78 is 25.3. The lowest BCUT2D eigenvalue weighted by Gasteiger charge is -2.26. The number of anilines is 1. The molecule has 0 radical (unpaired) electrons. The molecule has 2 aliphatic rings. The highest BCUT2D eigenvalue weighted by atomic mass is 32.2. The molecule has 1 saturated carbocycles. The van der Waals surface area contributed by atoms with Gasteiger partial charge in [-0.15, -0.1) is 0 Å². The first kappa shape index (κ1) is 12.0. The van der Waals surface area contributed by atoms with E-state index < -0.39 is 9.84 Å². The number of fused-ring (bicyclic) bond motifs is 1. The van der Waals surface area contributed by atoms with Crippen LogP contribution in [0.4, 0.5) is 5.69 Å². The molecule has 0 unspecified atom stereocenters. The van der Waals surface area contributed by atoms with Crippen molar-refractivity contribution in [1.29, 1.82) is 0 Å². The van der Waals surface area contributed by atoms with Crippen molar-refractivity contribution in [2.24, 2.45) is 5.41 Å². The van der Waals surface area contributed by atoms with Crippen molar-refractivity contribution >= 4 is 15.5 Å². The monoisotopic (exact) mass is 265 g/mol. The van der Waals surface area contributed by atoms with Gasteiger partial charge in [0.15, 0.2) is 9.84 Å². The van der Waals surface area contributed by atoms with Crippen LogP contribution in [0.1, 0.15) is 31.2 Å². The molecule has 1 N–H and O–H groups in total. The number of nitrogens with one attached hydrogen (secondary N) is 1. The van der Waals surface area contributed by atoms with Gasteiger partial charge in [-0.1, -0.05) is 25.0 Å². The molecular weight excluding hydrogens is 246 g/mol. The summed E-state index contributed by atoms with van der Waals surface area (Å²) in [6.07, 6.45) is 4.39. The predicted molar refractivity (Wildman–Crippen MR) is 72.6 cm³/mol. The lowest BCUT2D eigenvalue weighted by atomic mass is 9.88. The molecular formula is C14H19NO2S. The first-order chi connectivity index (χ1) is 8.53. The van der Waals surface area contributed by atoms with Crippen molar-refractivity contribution in [3.8, 4) is 0 Å². The van der Waals surface area contributed by atoms with Gasteiger partial charge in [0.2, 0.25) is 0 Å². The van der Waals surface area contributed by atoms with E-state index in [1.807, 2.05) is 25.1 Å². The third kappa shape index (κ3) is 1.83. The number of benzene rings is 1. The lowest BCUT2D eigenvalue weighted by molar-refractivity contribution is 0.365. The Labute approximate surface area is 109 Å². The van der Waals surface area contributed by atoms with Crippen LogP contribution in [0.3, 0.4) is 0 Å². The summed E-state index contributed by atoms with van der Waals surface area (Å²) in [6.45, 7) is 2.67. The van der Waals surface area contributed by atoms with E-state index in [4.69, 9.17) is 0 Å². The Balaban J connectivity index is 2.12. The second kappa shape index (κ2) is 3.98. The van der Waals surface area contributed by atoms with E-state index in [9.17, 15) is 8.42 Å². The quantitative estimate of drug-likeness (QED) is 0.784. The molecule has 1 aromatic rings. The van der Waals surface area contributed by atoms with Crippen LogP contribution >= 0.6 is 0 Å².